The van der Waals surface area contributed by atoms with Gasteiger partial charge in [-0.3, -0.25) is 0 Å². The van der Waals surface area contributed by atoms with E-state index in [-0.39, 0.29) is 6.04 Å². The Hall–Kier alpha value is -2.11. The minimum atomic E-state index is 0.144. The van der Waals surface area contributed by atoms with E-state index in [9.17, 15) is 5.26 Å². The van der Waals surface area contributed by atoms with Crippen molar-refractivity contribution >= 4 is 0 Å². The lowest BCUT2D eigenvalue weighted by Gasteiger charge is -2.27. The van der Waals surface area contributed by atoms with Crippen molar-refractivity contribution in [2.75, 3.05) is 6.54 Å². The number of nitrogens with zero attached hydrogens (tertiary/aromatic N) is 1. The third-order valence-corrected chi connectivity index (χ3v) is 3.50. The van der Waals surface area contributed by atoms with Gasteiger partial charge < -0.3 is 5.32 Å². The van der Waals surface area contributed by atoms with Crippen LogP contribution in [0.15, 0.2) is 48.5 Å². The molecular formula is C16H14N2. The first kappa shape index (κ1) is 11.0. The molecule has 0 fully saturated rings. The Morgan fingerprint density at radius 2 is 1.72 bits per heavy atom. The maximum absolute atomic E-state index is 9.22. The van der Waals surface area contributed by atoms with Crippen LogP contribution in [0.2, 0.25) is 0 Å². The molecule has 0 saturated carbocycles. The van der Waals surface area contributed by atoms with Crippen molar-refractivity contribution in [2.24, 2.45) is 0 Å². The van der Waals surface area contributed by atoms with Crippen molar-refractivity contribution < 1.29 is 0 Å². The third kappa shape index (κ3) is 1.79. The fourth-order valence-corrected chi connectivity index (χ4v) is 2.63. The van der Waals surface area contributed by atoms with Gasteiger partial charge in [-0.2, -0.15) is 5.26 Å². The Morgan fingerprint density at radius 3 is 2.56 bits per heavy atom. The van der Waals surface area contributed by atoms with Crippen molar-refractivity contribution in [3.8, 4) is 6.07 Å². The number of hydrogen-bond donors (Lipinski definition) is 1. The molecule has 2 aromatic rings. The monoisotopic (exact) mass is 234 g/mol. The van der Waals surface area contributed by atoms with E-state index in [0.717, 1.165) is 24.1 Å². The van der Waals surface area contributed by atoms with Gasteiger partial charge in [0.05, 0.1) is 17.7 Å². The van der Waals surface area contributed by atoms with Gasteiger partial charge in [-0.05, 0) is 29.2 Å². The Balaban J connectivity index is 2.12. The molecule has 1 aliphatic heterocycles. The van der Waals surface area contributed by atoms with E-state index >= 15 is 0 Å². The second kappa shape index (κ2) is 4.64. The van der Waals surface area contributed by atoms with Crippen LogP contribution < -0.4 is 5.32 Å². The van der Waals surface area contributed by atoms with E-state index in [0.29, 0.717) is 0 Å². The molecular weight excluding hydrogens is 220 g/mol. The third-order valence-electron chi connectivity index (χ3n) is 3.50. The lowest BCUT2D eigenvalue weighted by atomic mass is 9.88. The van der Waals surface area contributed by atoms with Crippen LogP contribution in [0.5, 0.6) is 0 Å². The quantitative estimate of drug-likeness (QED) is 0.823. The Bertz CT molecular complexity index is 610. The Morgan fingerprint density at radius 1 is 1.00 bits per heavy atom. The fourth-order valence-electron chi connectivity index (χ4n) is 2.63. The smallest absolute Gasteiger partial charge is 0.0995 e. The van der Waals surface area contributed by atoms with Gasteiger partial charge in [0.15, 0.2) is 0 Å². The van der Waals surface area contributed by atoms with Crippen LogP contribution in [-0.2, 0) is 6.42 Å². The van der Waals surface area contributed by atoms with Crippen LogP contribution in [0, 0.1) is 11.3 Å². The van der Waals surface area contributed by atoms with Gasteiger partial charge in [-0.15, -0.1) is 0 Å². The minimum absolute atomic E-state index is 0.144. The van der Waals surface area contributed by atoms with E-state index in [1.54, 1.807) is 0 Å². The van der Waals surface area contributed by atoms with Crippen LogP contribution >= 0.6 is 0 Å². The first-order valence-electron chi connectivity index (χ1n) is 6.20. The number of benzene rings is 2. The van der Waals surface area contributed by atoms with Crippen molar-refractivity contribution in [1.29, 1.82) is 5.26 Å². The van der Waals surface area contributed by atoms with Crippen LogP contribution in [0.4, 0.5) is 0 Å². The fraction of sp³-hybridized carbons (Fsp3) is 0.188. The summed E-state index contributed by atoms with van der Waals surface area (Å²) in [7, 11) is 0. The molecule has 0 amide bonds. The predicted molar refractivity (Wildman–Crippen MR) is 71.1 cm³/mol. The molecule has 2 heteroatoms. The normalized spacial score (nSPS) is 17.8. The highest BCUT2D eigenvalue weighted by molar-refractivity contribution is 5.46. The van der Waals surface area contributed by atoms with Crippen molar-refractivity contribution in [3.63, 3.8) is 0 Å². The van der Waals surface area contributed by atoms with E-state index in [1.807, 2.05) is 24.3 Å². The van der Waals surface area contributed by atoms with E-state index < -0.39 is 0 Å². The first-order valence-corrected chi connectivity index (χ1v) is 6.20. The molecule has 0 bridgehead atoms. The molecule has 3 rings (SSSR count). The van der Waals surface area contributed by atoms with Crippen LogP contribution in [-0.4, -0.2) is 6.54 Å². The molecule has 88 valence electrons. The second-order valence-electron chi connectivity index (χ2n) is 4.54. The van der Waals surface area contributed by atoms with Gasteiger partial charge in [-0.25, -0.2) is 0 Å². The first-order chi connectivity index (χ1) is 8.90. The molecule has 1 unspecified atom stereocenters. The zero-order valence-electron chi connectivity index (χ0n) is 10.1. The molecule has 2 aromatic carbocycles. The summed E-state index contributed by atoms with van der Waals surface area (Å²) in [5.41, 5.74) is 4.51. The summed E-state index contributed by atoms with van der Waals surface area (Å²) < 4.78 is 0. The largest absolute Gasteiger partial charge is 0.306 e. The summed E-state index contributed by atoms with van der Waals surface area (Å²) >= 11 is 0. The predicted octanol–water partition coefficient (Wildman–Crippen LogP) is 2.79. The van der Waals surface area contributed by atoms with E-state index in [2.05, 4.69) is 35.7 Å². The maximum Gasteiger partial charge on any atom is 0.0995 e. The topological polar surface area (TPSA) is 35.8 Å². The molecule has 1 heterocycles. The van der Waals surface area contributed by atoms with Gasteiger partial charge in [0.2, 0.25) is 0 Å². The van der Waals surface area contributed by atoms with Crippen molar-refractivity contribution in [3.05, 3.63) is 70.8 Å². The highest BCUT2D eigenvalue weighted by Gasteiger charge is 2.22. The number of hydrogen-bond acceptors (Lipinski definition) is 2. The number of fused-ring (bicyclic) bond motifs is 1. The van der Waals surface area contributed by atoms with Crippen molar-refractivity contribution in [2.45, 2.75) is 12.5 Å². The SMILES string of the molecule is N#Cc1ccccc1C1NCCc2ccccc21. The number of nitrogens with one attached hydrogen (secondary N) is 1. The summed E-state index contributed by atoms with van der Waals surface area (Å²) in [5, 5.41) is 12.7. The minimum Gasteiger partial charge on any atom is -0.306 e. The highest BCUT2D eigenvalue weighted by atomic mass is 14.9. The number of nitriles is 1. The summed E-state index contributed by atoms with van der Waals surface area (Å²) in [6.07, 6.45) is 1.06. The molecule has 0 radical (unpaired) electrons. The molecule has 1 atom stereocenters. The lowest BCUT2D eigenvalue weighted by molar-refractivity contribution is 0.567. The van der Waals surface area contributed by atoms with E-state index in [4.69, 9.17) is 0 Å². The summed E-state index contributed by atoms with van der Waals surface area (Å²) in [4.78, 5) is 0. The Kier molecular flexibility index (Phi) is 2.84. The highest BCUT2D eigenvalue weighted by Crippen LogP contribution is 2.30. The summed E-state index contributed by atoms with van der Waals surface area (Å²) in [6, 6.07) is 18.7. The second-order valence-corrected chi connectivity index (χ2v) is 4.54. The van der Waals surface area contributed by atoms with Gasteiger partial charge in [0.1, 0.15) is 0 Å². The molecule has 0 spiro atoms. The van der Waals surface area contributed by atoms with Crippen molar-refractivity contribution in [1.82, 2.24) is 5.32 Å². The maximum atomic E-state index is 9.22. The zero-order valence-corrected chi connectivity index (χ0v) is 10.1. The molecule has 1 aliphatic rings. The molecule has 18 heavy (non-hydrogen) atoms. The van der Waals surface area contributed by atoms with Gasteiger partial charge in [-0.1, -0.05) is 42.5 Å². The van der Waals surface area contributed by atoms with Gasteiger partial charge in [0.25, 0.3) is 0 Å². The summed E-state index contributed by atoms with van der Waals surface area (Å²) in [6.45, 7) is 0.960. The Labute approximate surface area is 107 Å². The lowest BCUT2D eigenvalue weighted by Crippen LogP contribution is -2.30. The summed E-state index contributed by atoms with van der Waals surface area (Å²) in [5.74, 6) is 0. The molecule has 0 saturated heterocycles. The molecule has 1 N–H and O–H groups in total. The standard InChI is InChI=1S/C16H14N2/c17-11-13-6-2-4-8-15(13)16-14-7-3-1-5-12(14)9-10-18-16/h1-8,16,18H,9-10H2. The number of rotatable bonds is 1. The van der Waals surface area contributed by atoms with Crippen LogP contribution in [0.1, 0.15) is 28.3 Å². The van der Waals surface area contributed by atoms with Gasteiger partial charge in [0, 0.05) is 6.54 Å². The zero-order chi connectivity index (χ0) is 12.4. The van der Waals surface area contributed by atoms with Crippen LogP contribution in [0.25, 0.3) is 0 Å². The molecule has 0 aliphatic carbocycles. The average Bonchev–Trinajstić information content (AvgIpc) is 2.46. The van der Waals surface area contributed by atoms with E-state index in [1.165, 1.54) is 11.1 Å². The average molecular weight is 234 g/mol. The van der Waals surface area contributed by atoms with Gasteiger partial charge >= 0.3 is 0 Å². The molecule has 0 aromatic heterocycles. The molecule has 2 nitrogen and oxygen atoms in total. The van der Waals surface area contributed by atoms with Crippen LogP contribution in [0.3, 0.4) is 0 Å².